The maximum Gasteiger partial charge on any atom is 0.120 e. The molecule has 3 aromatic carbocycles. The normalized spacial score (nSPS) is 19.4. The van der Waals surface area contributed by atoms with Crippen molar-refractivity contribution in [2.24, 2.45) is 5.92 Å². The van der Waals surface area contributed by atoms with Crippen molar-refractivity contribution in [2.75, 3.05) is 6.54 Å². The van der Waals surface area contributed by atoms with Gasteiger partial charge in [0.15, 0.2) is 0 Å². The van der Waals surface area contributed by atoms with E-state index in [4.69, 9.17) is 4.74 Å². The Hall–Kier alpha value is -2.62. The highest BCUT2D eigenvalue weighted by Crippen LogP contribution is 2.36. The first kappa shape index (κ1) is 19.7. The summed E-state index contributed by atoms with van der Waals surface area (Å²) in [5.41, 5.74) is 4.68. The molecule has 0 aliphatic heterocycles. The largest absolute Gasteiger partial charge is 0.489 e. The van der Waals surface area contributed by atoms with E-state index < -0.39 is 6.10 Å². The van der Waals surface area contributed by atoms with Crippen molar-refractivity contribution in [3.05, 3.63) is 101 Å². The molecule has 1 aliphatic carbocycles. The third-order valence-electron chi connectivity index (χ3n) is 5.90. The van der Waals surface area contributed by atoms with Gasteiger partial charge >= 0.3 is 0 Å². The molecule has 3 heteroatoms. The van der Waals surface area contributed by atoms with Crippen LogP contribution in [0.5, 0.6) is 5.75 Å². The quantitative estimate of drug-likeness (QED) is 0.585. The van der Waals surface area contributed by atoms with Gasteiger partial charge in [-0.3, -0.25) is 0 Å². The minimum absolute atomic E-state index is 0.227. The van der Waals surface area contributed by atoms with Gasteiger partial charge in [0, 0.05) is 18.5 Å². The van der Waals surface area contributed by atoms with Crippen LogP contribution in [-0.4, -0.2) is 11.7 Å². The molecule has 3 aromatic rings. The second-order valence-electron chi connectivity index (χ2n) is 7.92. The van der Waals surface area contributed by atoms with Crippen molar-refractivity contribution in [3.63, 3.8) is 0 Å². The molecule has 0 fully saturated rings. The van der Waals surface area contributed by atoms with E-state index in [-0.39, 0.29) is 12.0 Å². The van der Waals surface area contributed by atoms with E-state index in [1.807, 2.05) is 36.4 Å². The number of benzene rings is 3. The van der Waals surface area contributed by atoms with Crippen LogP contribution < -0.4 is 10.1 Å². The molecule has 150 valence electrons. The lowest BCUT2D eigenvalue weighted by Crippen LogP contribution is -2.32. The molecule has 0 spiro atoms. The standard InChI is InChI=1S/C26H29NO2/c1-19(21-10-6-3-7-11-21)27-17-23-13-12-22-16-24(14-15-25(22)26(23)28)29-18-20-8-4-2-5-9-20/h2-11,14-16,19,23,26-28H,12-13,17-18H2,1H3/t19-,23?,26?/m0/s1. The Morgan fingerprint density at radius 2 is 1.72 bits per heavy atom. The van der Waals surface area contributed by atoms with Gasteiger partial charge in [-0.05, 0) is 54.2 Å². The maximum atomic E-state index is 10.9. The number of hydrogen-bond donors (Lipinski definition) is 2. The Kier molecular flexibility index (Phi) is 6.28. The Balaban J connectivity index is 1.35. The predicted octanol–water partition coefficient (Wildman–Crippen LogP) is 5.21. The smallest absolute Gasteiger partial charge is 0.120 e. The highest BCUT2D eigenvalue weighted by Gasteiger charge is 2.28. The summed E-state index contributed by atoms with van der Waals surface area (Å²) >= 11 is 0. The first-order valence-corrected chi connectivity index (χ1v) is 10.5. The van der Waals surface area contributed by atoms with Crippen molar-refractivity contribution < 1.29 is 9.84 Å². The minimum atomic E-state index is -0.433. The number of rotatable bonds is 7. The van der Waals surface area contributed by atoms with E-state index in [1.54, 1.807) is 0 Å². The number of aliphatic hydroxyl groups is 1. The van der Waals surface area contributed by atoms with Gasteiger partial charge in [-0.25, -0.2) is 0 Å². The number of fused-ring (bicyclic) bond motifs is 1. The first-order chi connectivity index (χ1) is 14.2. The molecule has 0 amide bonds. The minimum Gasteiger partial charge on any atom is -0.489 e. The molecule has 0 heterocycles. The molecular weight excluding hydrogens is 358 g/mol. The molecule has 0 bridgehead atoms. The van der Waals surface area contributed by atoms with Gasteiger partial charge in [0.1, 0.15) is 12.4 Å². The zero-order chi connectivity index (χ0) is 20.1. The summed E-state index contributed by atoms with van der Waals surface area (Å²) in [6, 6.07) is 27.0. The van der Waals surface area contributed by atoms with Gasteiger partial charge < -0.3 is 15.2 Å². The SMILES string of the molecule is C[C@H](NCC1CCc2cc(OCc3ccccc3)ccc2C1O)c1ccccc1. The Labute approximate surface area is 173 Å². The molecule has 0 aromatic heterocycles. The first-order valence-electron chi connectivity index (χ1n) is 10.5. The molecule has 3 nitrogen and oxygen atoms in total. The van der Waals surface area contributed by atoms with Crippen LogP contribution in [0.15, 0.2) is 78.9 Å². The number of ether oxygens (including phenoxy) is 1. The number of hydrogen-bond acceptors (Lipinski definition) is 3. The monoisotopic (exact) mass is 387 g/mol. The van der Waals surface area contributed by atoms with Crippen molar-refractivity contribution in [1.82, 2.24) is 5.32 Å². The molecule has 4 rings (SSSR count). The van der Waals surface area contributed by atoms with E-state index in [1.165, 1.54) is 11.1 Å². The van der Waals surface area contributed by atoms with Crippen molar-refractivity contribution in [2.45, 2.75) is 38.5 Å². The van der Waals surface area contributed by atoms with Gasteiger partial charge in [-0.2, -0.15) is 0 Å². The zero-order valence-corrected chi connectivity index (χ0v) is 16.9. The summed E-state index contributed by atoms with van der Waals surface area (Å²) in [5, 5.41) is 14.5. The lowest BCUT2D eigenvalue weighted by Gasteiger charge is -2.31. The fourth-order valence-electron chi connectivity index (χ4n) is 4.07. The van der Waals surface area contributed by atoms with Crippen LogP contribution in [0.25, 0.3) is 0 Å². The second kappa shape index (κ2) is 9.25. The highest BCUT2D eigenvalue weighted by atomic mass is 16.5. The van der Waals surface area contributed by atoms with Crippen LogP contribution in [0.2, 0.25) is 0 Å². The number of aliphatic hydroxyl groups excluding tert-OH is 1. The van der Waals surface area contributed by atoms with E-state index in [9.17, 15) is 5.11 Å². The lowest BCUT2D eigenvalue weighted by molar-refractivity contribution is 0.0913. The fraction of sp³-hybridized carbons (Fsp3) is 0.308. The van der Waals surface area contributed by atoms with Crippen molar-refractivity contribution in [3.8, 4) is 5.75 Å². The van der Waals surface area contributed by atoms with Crippen LogP contribution in [0.1, 0.15) is 47.7 Å². The average molecular weight is 388 g/mol. The van der Waals surface area contributed by atoms with Gasteiger partial charge in [0.25, 0.3) is 0 Å². The van der Waals surface area contributed by atoms with E-state index in [0.29, 0.717) is 6.61 Å². The average Bonchev–Trinajstić information content (AvgIpc) is 2.78. The van der Waals surface area contributed by atoms with Gasteiger partial charge in [-0.1, -0.05) is 66.7 Å². The predicted molar refractivity (Wildman–Crippen MR) is 117 cm³/mol. The lowest BCUT2D eigenvalue weighted by atomic mass is 9.81. The van der Waals surface area contributed by atoms with E-state index >= 15 is 0 Å². The molecule has 2 N–H and O–H groups in total. The van der Waals surface area contributed by atoms with Crippen LogP contribution in [0.4, 0.5) is 0 Å². The summed E-state index contributed by atoms with van der Waals surface area (Å²) in [5.74, 6) is 1.10. The number of aryl methyl sites for hydroxylation is 1. The van der Waals surface area contributed by atoms with Crippen molar-refractivity contribution >= 4 is 0 Å². The summed E-state index contributed by atoms with van der Waals surface area (Å²) in [7, 11) is 0. The Bertz CT molecular complexity index is 911. The van der Waals surface area contributed by atoms with Gasteiger partial charge in [0.05, 0.1) is 6.10 Å². The molecule has 0 radical (unpaired) electrons. The topological polar surface area (TPSA) is 41.5 Å². The molecular formula is C26H29NO2. The van der Waals surface area contributed by atoms with Gasteiger partial charge in [-0.15, -0.1) is 0 Å². The van der Waals surface area contributed by atoms with E-state index in [0.717, 1.165) is 36.3 Å². The van der Waals surface area contributed by atoms with E-state index in [2.05, 4.69) is 54.7 Å². The Morgan fingerprint density at radius 1 is 1.00 bits per heavy atom. The zero-order valence-electron chi connectivity index (χ0n) is 16.9. The summed E-state index contributed by atoms with van der Waals surface area (Å²) in [6.45, 7) is 3.55. The second-order valence-corrected chi connectivity index (χ2v) is 7.92. The third kappa shape index (κ3) is 4.87. The fourth-order valence-corrected chi connectivity index (χ4v) is 4.07. The number of nitrogens with one attached hydrogen (secondary N) is 1. The molecule has 3 atom stereocenters. The summed E-state index contributed by atoms with van der Waals surface area (Å²) in [4.78, 5) is 0. The summed E-state index contributed by atoms with van der Waals surface area (Å²) < 4.78 is 5.95. The highest BCUT2D eigenvalue weighted by molar-refractivity contribution is 5.39. The van der Waals surface area contributed by atoms with Crippen LogP contribution in [0, 0.1) is 5.92 Å². The Morgan fingerprint density at radius 3 is 2.48 bits per heavy atom. The molecule has 0 saturated carbocycles. The van der Waals surface area contributed by atoms with Gasteiger partial charge in [0.2, 0.25) is 0 Å². The molecule has 0 saturated heterocycles. The maximum absolute atomic E-state index is 10.9. The van der Waals surface area contributed by atoms with Crippen molar-refractivity contribution in [1.29, 1.82) is 0 Å². The third-order valence-corrected chi connectivity index (χ3v) is 5.90. The molecule has 2 unspecified atom stereocenters. The molecule has 29 heavy (non-hydrogen) atoms. The van der Waals surface area contributed by atoms with Crippen LogP contribution in [-0.2, 0) is 13.0 Å². The summed E-state index contributed by atoms with van der Waals surface area (Å²) in [6.07, 6.45) is 1.52. The molecule has 1 aliphatic rings. The van der Waals surface area contributed by atoms with Crippen LogP contribution in [0.3, 0.4) is 0 Å². The van der Waals surface area contributed by atoms with Crippen LogP contribution >= 0.6 is 0 Å².